The Kier molecular flexibility index (Phi) is 21.6. The van der Waals surface area contributed by atoms with Gasteiger partial charge in [-0.25, -0.2) is 0 Å². The second kappa shape index (κ2) is 27.0. The zero-order valence-electron chi connectivity index (χ0n) is 40.9. The first-order valence-corrected chi connectivity index (χ1v) is 24.1. The molecule has 68 heavy (non-hydrogen) atoms. The highest BCUT2D eigenvalue weighted by Crippen LogP contribution is 2.40. The molecule has 13 nitrogen and oxygen atoms in total. The summed E-state index contributed by atoms with van der Waals surface area (Å²) in [7, 11) is 0. The van der Waals surface area contributed by atoms with Crippen LogP contribution in [0.3, 0.4) is 0 Å². The van der Waals surface area contributed by atoms with Gasteiger partial charge in [0, 0.05) is 31.6 Å². The molecule has 1 N–H and O–H groups in total. The third-order valence-electron chi connectivity index (χ3n) is 13.0. The maximum atomic E-state index is 12.7. The Balaban J connectivity index is 0.000000254. The Morgan fingerprint density at radius 3 is 1.50 bits per heavy atom. The van der Waals surface area contributed by atoms with Crippen LogP contribution in [0.1, 0.15) is 85.3 Å². The average Bonchev–Trinajstić information content (AvgIpc) is 3.80. The molecule has 4 aliphatic heterocycles. The minimum Gasteiger partial charge on any atom is -0.466 e. The van der Waals surface area contributed by atoms with Crippen LogP contribution in [0.2, 0.25) is 0 Å². The fraction of sp³-hybridized carbons (Fsp3) is 0.564. The van der Waals surface area contributed by atoms with Crippen LogP contribution in [-0.4, -0.2) is 109 Å². The number of ether oxygens (including phenoxy) is 8. The van der Waals surface area contributed by atoms with Crippen LogP contribution in [0.5, 0.6) is 0 Å². The first-order chi connectivity index (χ1) is 32.6. The quantitative estimate of drug-likeness (QED) is 0.0892. The predicted molar refractivity (Wildman–Crippen MR) is 257 cm³/mol. The second-order valence-electron chi connectivity index (χ2n) is 18.9. The number of hydrogen-bond acceptors (Lipinski definition) is 13. The maximum absolute atomic E-state index is 12.7. The lowest BCUT2D eigenvalue weighted by Gasteiger charge is -2.33. The molecule has 16 atom stereocenters. The number of carbonyl (C=O) groups is 4. The zero-order valence-corrected chi connectivity index (χ0v) is 40.9. The molecule has 2 saturated heterocycles. The summed E-state index contributed by atoms with van der Waals surface area (Å²) in [6.45, 7) is 21.7. The Labute approximate surface area is 403 Å². The molecule has 0 saturated carbocycles. The van der Waals surface area contributed by atoms with Crippen LogP contribution in [0.25, 0.3) is 0 Å². The molecule has 0 bridgehead atoms. The number of hydrogen-bond donors (Lipinski definition) is 1. The van der Waals surface area contributed by atoms with Crippen molar-refractivity contribution in [3.05, 3.63) is 121 Å². The van der Waals surface area contributed by atoms with Gasteiger partial charge in [0.2, 0.25) is 0 Å². The highest BCUT2D eigenvalue weighted by molar-refractivity contribution is 5.95. The van der Waals surface area contributed by atoms with Gasteiger partial charge in [-0.3, -0.25) is 19.2 Å². The van der Waals surface area contributed by atoms with Crippen molar-refractivity contribution in [3.63, 3.8) is 0 Å². The van der Waals surface area contributed by atoms with Gasteiger partial charge in [0.1, 0.15) is 24.4 Å². The standard InChI is InChI=1S/C28H38O6.C27H36O7/c1-6-10-23-13-14-24(30)27(33-23)19(3)26-20(4)28(32-17-22-11-8-7-9-12-22)25(34-26)15-18(2)16-31-21(5)29;1-5-9-21-12-13-22(29)25(33-21)18(3)26-24(30)27(32-16-20-10-7-6-8-11-20)23(34-26)14-17(2)15-31-19(4)28/h6-9,11-14,18-20,23,25-28H,1,10,15-17H2,2-5H3;5-8,10-13,17-18,21,23-27,30H,1,9,14-16H2,2-4H3/t18-,19+,20+,23-,25?,26+,27-,28-;17-,18-,21-,23?,24+,25-,26+,27+/m11/s1. The normalized spacial score (nSPS) is 30.6. The summed E-state index contributed by atoms with van der Waals surface area (Å²) < 4.78 is 47.9. The summed E-state index contributed by atoms with van der Waals surface area (Å²) in [4.78, 5) is 47.7. The van der Waals surface area contributed by atoms with Gasteiger partial charge >= 0.3 is 11.9 Å². The van der Waals surface area contributed by atoms with Crippen molar-refractivity contribution in [1.82, 2.24) is 0 Å². The van der Waals surface area contributed by atoms with E-state index in [1.54, 1.807) is 36.5 Å². The van der Waals surface area contributed by atoms with E-state index in [0.29, 0.717) is 45.5 Å². The number of esters is 2. The van der Waals surface area contributed by atoms with Crippen LogP contribution >= 0.6 is 0 Å². The molecule has 0 radical (unpaired) electrons. The van der Waals surface area contributed by atoms with E-state index in [1.807, 2.05) is 88.4 Å². The van der Waals surface area contributed by atoms with Crippen molar-refractivity contribution < 1.29 is 62.2 Å². The van der Waals surface area contributed by atoms with E-state index >= 15 is 0 Å². The minimum atomic E-state index is -0.940. The molecule has 2 aromatic carbocycles. The molecule has 0 spiro atoms. The number of ketones is 2. The van der Waals surface area contributed by atoms with E-state index in [1.165, 1.54) is 13.8 Å². The minimum absolute atomic E-state index is 0.00505. The Hall–Kier alpha value is -4.60. The lowest BCUT2D eigenvalue weighted by molar-refractivity contribution is -0.144. The van der Waals surface area contributed by atoms with Gasteiger partial charge in [0.15, 0.2) is 11.6 Å². The van der Waals surface area contributed by atoms with E-state index in [4.69, 9.17) is 37.9 Å². The van der Waals surface area contributed by atoms with Crippen LogP contribution in [0.15, 0.2) is 110 Å². The molecular formula is C55H74O13. The lowest BCUT2D eigenvalue weighted by atomic mass is 9.84. The topological polar surface area (TPSA) is 162 Å². The van der Waals surface area contributed by atoms with Gasteiger partial charge < -0.3 is 43.0 Å². The number of carbonyl (C=O) groups excluding carboxylic acids is 4. The van der Waals surface area contributed by atoms with Crippen LogP contribution in [0, 0.1) is 29.6 Å². The fourth-order valence-electron chi connectivity index (χ4n) is 9.46. The third kappa shape index (κ3) is 15.7. The van der Waals surface area contributed by atoms with Crippen LogP contribution < -0.4 is 0 Å². The maximum Gasteiger partial charge on any atom is 0.302 e. The van der Waals surface area contributed by atoms with Gasteiger partial charge in [0.05, 0.1) is 69.2 Å². The highest BCUT2D eigenvalue weighted by Gasteiger charge is 2.51. The van der Waals surface area contributed by atoms with Gasteiger partial charge in [-0.2, -0.15) is 0 Å². The average molecular weight is 943 g/mol. The Morgan fingerprint density at radius 2 is 1.06 bits per heavy atom. The number of aliphatic hydroxyl groups is 1. The summed E-state index contributed by atoms with van der Waals surface area (Å²) in [6, 6.07) is 19.8. The van der Waals surface area contributed by atoms with E-state index in [9.17, 15) is 24.3 Å². The van der Waals surface area contributed by atoms with Gasteiger partial charge in [-0.05, 0) is 60.8 Å². The smallest absolute Gasteiger partial charge is 0.302 e. The summed E-state index contributed by atoms with van der Waals surface area (Å²) in [5.41, 5.74) is 2.09. The van der Waals surface area contributed by atoms with E-state index in [-0.39, 0.29) is 84.3 Å². The third-order valence-corrected chi connectivity index (χ3v) is 13.0. The molecule has 2 aromatic rings. The Morgan fingerprint density at radius 1 is 0.647 bits per heavy atom. The van der Waals surface area contributed by atoms with Gasteiger partial charge in [-0.15, -0.1) is 13.2 Å². The first kappa shape index (κ1) is 54.3. The molecule has 0 aliphatic carbocycles. The van der Waals surface area contributed by atoms with Crippen molar-refractivity contribution in [2.24, 2.45) is 29.6 Å². The molecule has 6 rings (SSSR count). The lowest BCUT2D eigenvalue weighted by Crippen LogP contribution is -2.46. The van der Waals surface area contributed by atoms with Crippen molar-refractivity contribution in [2.75, 3.05) is 13.2 Å². The largest absolute Gasteiger partial charge is 0.466 e. The van der Waals surface area contributed by atoms with E-state index < -0.39 is 42.5 Å². The SMILES string of the molecule is C=CC[C@@H]1C=CC(=O)[C@@H]([C@@H](C)[C@@H]2OC(C[C@@H](C)COC(C)=O)[C@H](OCc3ccccc3)[C@H]2C)O1.C=CC[C@@H]1C=CC(=O)[C@@H]([C@@H](C)[C@@H]2OC(C[C@@H](C)COC(C)=O)[C@H](OCc3ccccc3)[C@H]2O)O1. The van der Waals surface area contributed by atoms with Gasteiger partial charge in [-0.1, -0.05) is 120 Å². The van der Waals surface area contributed by atoms with Crippen molar-refractivity contribution in [1.29, 1.82) is 0 Å². The molecule has 372 valence electrons. The van der Waals surface area contributed by atoms with Crippen LogP contribution in [-0.2, 0) is 70.3 Å². The van der Waals surface area contributed by atoms with Crippen LogP contribution in [0.4, 0.5) is 0 Å². The molecule has 2 fully saturated rings. The zero-order chi connectivity index (χ0) is 49.3. The molecule has 13 heteroatoms. The number of benzene rings is 2. The molecule has 4 heterocycles. The predicted octanol–water partition coefficient (Wildman–Crippen LogP) is 8.06. The highest BCUT2D eigenvalue weighted by atomic mass is 16.6. The number of rotatable bonds is 22. The molecular weight excluding hydrogens is 869 g/mol. The molecule has 0 aromatic heterocycles. The van der Waals surface area contributed by atoms with Gasteiger partial charge in [0.25, 0.3) is 0 Å². The molecule has 4 aliphatic rings. The number of aliphatic hydroxyl groups excluding tert-OH is 1. The summed E-state index contributed by atoms with van der Waals surface area (Å²) in [5, 5.41) is 11.2. The Bertz CT molecular complexity index is 1840. The fourth-order valence-corrected chi connectivity index (χ4v) is 9.46. The monoisotopic (exact) mass is 943 g/mol. The molecule has 2 unspecified atom stereocenters. The van der Waals surface area contributed by atoms with E-state index in [0.717, 1.165) is 11.1 Å². The summed E-state index contributed by atoms with van der Waals surface area (Å²) in [5.74, 6) is -1.15. The van der Waals surface area contributed by atoms with E-state index in [2.05, 4.69) is 20.1 Å². The first-order valence-electron chi connectivity index (χ1n) is 24.1. The van der Waals surface area contributed by atoms with Crippen molar-refractivity contribution in [3.8, 4) is 0 Å². The second-order valence-corrected chi connectivity index (χ2v) is 18.9. The summed E-state index contributed by atoms with van der Waals surface area (Å²) >= 11 is 0. The van der Waals surface area contributed by atoms with Crippen molar-refractivity contribution >= 4 is 23.5 Å². The van der Waals surface area contributed by atoms with Crippen molar-refractivity contribution in [2.45, 2.75) is 155 Å². The molecule has 0 amide bonds. The summed E-state index contributed by atoms with van der Waals surface area (Å²) in [6.07, 6.45) is 7.98.